The summed E-state index contributed by atoms with van der Waals surface area (Å²) < 4.78 is 28.6. The third-order valence-corrected chi connectivity index (χ3v) is 5.36. The maximum Gasteiger partial charge on any atom is 0.275 e. The Morgan fingerprint density at radius 2 is 1.70 bits per heavy atom. The van der Waals surface area contributed by atoms with Gasteiger partial charge < -0.3 is 9.88 Å². The summed E-state index contributed by atoms with van der Waals surface area (Å²) in [5.74, 6) is -0.00753. The normalized spacial score (nSPS) is 11.4. The van der Waals surface area contributed by atoms with E-state index in [0.717, 1.165) is 5.56 Å². The number of anilines is 1. The minimum atomic E-state index is -3.90. The van der Waals surface area contributed by atoms with E-state index in [9.17, 15) is 18.0 Å². The van der Waals surface area contributed by atoms with E-state index in [4.69, 9.17) is 0 Å². The molecule has 0 atom stereocenters. The van der Waals surface area contributed by atoms with Crippen molar-refractivity contribution in [1.82, 2.24) is 9.88 Å². The van der Waals surface area contributed by atoms with Crippen molar-refractivity contribution in [3.63, 3.8) is 0 Å². The Morgan fingerprint density at radius 3 is 2.30 bits per heavy atom. The summed E-state index contributed by atoms with van der Waals surface area (Å²) in [6.45, 7) is 7.82. The lowest BCUT2D eigenvalue weighted by Crippen LogP contribution is -2.36. The molecular weight excluding hydrogens is 366 g/mol. The molecular formula is C19H25N3O4S. The molecule has 8 heteroatoms. The molecule has 2 aromatic rings. The number of aryl methyl sites for hydroxylation is 2. The molecule has 1 aromatic carbocycles. The predicted molar refractivity (Wildman–Crippen MR) is 105 cm³/mol. The van der Waals surface area contributed by atoms with E-state index in [0.29, 0.717) is 18.2 Å². The van der Waals surface area contributed by atoms with Gasteiger partial charge in [-0.2, -0.15) is 0 Å². The summed E-state index contributed by atoms with van der Waals surface area (Å²) in [6.07, 6.45) is 0. The topological polar surface area (TPSA) is 97.3 Å². The van der Waals surface area contributed by atoms with E-state index in [1.54, 1.807) is 25.1 Å². The van der Waals surface area contributed by atoms with Gasteiger partial charge in [-0.25, -0.2) is 8.42 Å². The molecule has 27 heavy (non-hydrogen) atoms. The largest absolute Gasteiger partial charge is 0.354 e. The molecule has 0 spiro atoms. The van der Waals surface area contributed by atoms with Crippen LogP contribution in [0.1, 0.15) is 25.1 Å². The van der Waals surface area contributed by atoms with Crippen molar-refractivity contribution >= 4 is 21.6 Å². The molecule has 1 amide bonds. The van der Waals surface area contributed by atoms with Crippen LogP contribution in [0.4, 0.5) is 5.69 Å². The highest BCUT2D eigenvalue weighted by Crippen LogP contribution is 2.14. The number of rotatable bonds is 7. The van der Waals surface area contributed by atoms with Gasteiger partial charge in [0.1, 0.15) is 12.2 Å². The van der Waals surface area contributed by atoms with Crippen molar-refractivity contribution in [1.29, 1.82) is 0 Å². The summed E-state index contributed by atoms with van der Waals surface area (Å²) in [6, 6.07) is 9.33. The number of carbonyl (C=O) groups excluding carboxylic acids is 1. The highest BCUT2D eigenvalue weighted by atomic mass is 32.2. The molecule has 0 unspecified atom stereocenters. The van der Waals surface area contributed by atoms with Gasteiger partial charge >= 0.3 is 0 Å². The first-order chi connectivity index (χ1) is 12.6. The Morgan fingerprint density at radius 1 is 1.07 bits per heavy atom. The number of benzene rings is 1. The van der Waals surface area contributed by atoms with E-state index < -0.39 is 15.6 Å². The monoisotopic (exact) mass is 391 g/mol. The molecule has 0 saturated heterocycles. The predicted octanol–water partition coefficient (Wildman–Crippen LogP) is 2.04. The fraction of sp³-hybridized carbons (Fsp3) is 0.368. The van der Waals surface area contributed by atoms with Crippen molar-refractivity contribution in [3.8, 4) is 0 Å². The van der Waals surface area contributed by atoms with E-state index in [2.05, 4.69) is 10.0 Å². The molecule has 1 aromatic heterocycles. The molecule has 0 fully saturated rings. The van der Waals surface area contributed by atoms with Crippen LogP contribution in [0, 0.1) is 19.8 Å². The number of amides is 1. The average molecular weight is 391 g/mol. The van der Waals surface area contributed by atoms with Gasteiger partial charge in [0.05, 0.1) is 4.90 Å². The van der Waals surface area contributed by atoms with Crippen molar-refractivity contribution < 1.29 is 13.2 Å². The number of hydrogen-bond donors (Lipinski definition) is 2. The van der Waals surface area contributed by atoms with E-state index in [1.165, 1.54) is 22.8 Å². The molecule has 7 nitrogen and oxygen atoms in total. The second-order valence-corrected chi connectivity index (χ2v) is 8.58. The maximum atomic E-state index is 12.7. The molecule has 0 bridgehead atoms. The van der Waals surface area contributed by atoms with Crippen LogP contribution in [0.15, 0.2) is 46.1 Å². The van der Waals surface area contributed by atoms with Crippen molar-refractivity contribution in [2.24, 2.45) is 5.92 Å². The summed E-state index contributed by atoms with van der Waals surface area (Å²) in [7, 11) is -3.90. The minimum absolute atomic E-state index is 0.0642. The lowest BCUT2D eigenvalue weighted by molar-refractivity contribution is -0.121. The van der Waals surface area contributed by atoms with Crippen LogP contribution in [-0.2, 0) is 21.4 Å². The summed E-state index contributed by atoms with van der Waals surface area (Å²) in [5, 5.41) is 2.75. The molecule has 0 aliphatic heterocycles. The molecule has 0 aliphatic rings. The lowest BCUT2D eigenvalue weighted by Gasteiger charge is -2.14. The zero-order valence-corrected chi connectivity index (χ0v) is 16.8. The summed E-state index contributed by atoms with van der Waals surface area (Å²) in [4.78, 5) is 24.8. The van der Waals surface area contributed by atoms with Crippen molar-refractivity contribution in [3.05, 3.63) is 58.0 Å². The maximum absolute atomic E-state index is 12.7. The van der Waals surface area contributed by atoms with E-state index >= 15 is 0 Å². The summed E-state index contributed by atoms with van der Waals surface area (Å²) in [5.41, 5.74) is 0.834. The first-order valence-corrected chi connectivity index (χ1v) is 10.1. The first kappa shape index (κ1) is 20.7. The van der Waals surface area contributed by atoms with Gasteiger partial charge in [0.25, 0.3) is 15.6 Å². The lowest BCUT2D eigenvalue weighted by atomic mass is 10.2. The number of nitrogens with zero attached hydrogens (tertiary/aromatic N) is 1. The van der Waals surface area contributed by atoms with Gasteiger partial charge in [-0.15, -0.1) is 0 Å². The van der Waals surface area contributed by atoms with E-state index in [-0.39, 0.29) is 23.0 Å². The number of aromatic nitrogens is 1. The van der Waals surface area contributed by atoms with Crippen LogP contribution in [-0.4, -0.2) is 25.4 Å². The molecule has 0 saturated carbocycles. The Hall–Kier alpha value is -2.61. The van der Waals surface area contributed by atoms with Crippen LogP contribution < -0.4 is 15.6 Å². The van der Waals surface area contributed by atoms with Crippen LogP contribution in [0.5, 0.6) is 0 Å². The van der Waals surface area contributed by atoms with Gasteiger partial charge in [-0.3, -0.25) is 14.3 Å². The third kappa shape index (κ3) is 5.43. The molecule has 1 heterocycles. The Labute approximate surface area is 159 Å². The second-order valence-electron chi connectivity index (χ2n) is 6.90. The molecule has 146 valence electrons. The van der Waals surface area contributed by atoms with Crippen LogP contribution >= 0.6 is 0 Å². The zero-order valence-electron chi connectivity index (χ0n) is 15.9. The zero-order chi connectivity index (χ0) is 20.2. The van der Waals surface area contributed by atoms with Crippen LogP contribution in [0.3, 0.4) is 0 Å². The number of sulfonamides is 1. The van der Waals surface area contributed by atoms with Crippen LogP contribution in [0.2, 0.25) is 0 Å². The van der Waals surface area contributed by atoms with Gasteiger partial charge in [0.2, 0.25) is 5.91 Å². The number of carbonyl (C=O) groups is 1. The SMILES string of the molecule is Cc1ccc(S(=O)(=O)Nc2ccc(C)n(CC(=O)NCC(C)C)c2=O)cc1. The molecule has 0 aliphatic carbocycles. The Bertz CT molecular complexity index is 977. The fourth-order valence-electron chi connectivity index (χ4n) is 2.38. The molecule has 2 rings (SSSR count). The Balaban J connectivity index is 2.27. The quantitative estimate of drug-likeness (QED) is 0.755. The highest BCUT2D eigenvalue weighted by molar-refractivity contribution is 7.92. The smallest absolute Gasteiger partial charge is 0.275 e. The van der Waals surface area contributed by atoms with Crippen molar-refractivity contribution in [2.75, 3.05) is 11.3 Å². The highest BCUT2D eigenvalue weighted by Gasteiger charge is 2.18. The van der Waals surface area contributed by atoms with Gasteiger partial charge in [0, 0.05) is 12.2 Å². The summed E-state index contributed by atoms with van der Waals surface area (Å²) >= 11 is 0. The van der Waals surface area contributed by atoms with E-state index in [1.807, 2.05) is 20.8 Å². The minimum Gasteiger partial charge on any atom is -0.354 e. The fourth-order valence-corrected chi connectivity index (χ4v) is 3.44. The number of hydrogen-bond acceptors (Lipinski definition) is 4. The first-order valence-electron chi connectivity index (χ1n) is 8.67. The van der Waals surface area contributed by atoms with Gasteiger partial charge in [0.15, 0.2) is 0 Å². The standard InChI is InChI=1S/C19H25N3O4S/c1-13(2)11-20-18(23)12-22-15(4)7-10-17(19(22)24)21-27(25,26)16-8-5-14(3)6-9-16/h5-10,13,21H,11-12H2,1-4H3,(H,20,23). The average Bonchev–Trinajstić information content (AvgIpc) is 2.59. The molecule has 2 N–H and O–H groups in total. The van der Waals surface area contributed by atoms with Gasteiger partial charge in [-0.1, -0.05) is 31.5 Å². The van der Waals surface area contributed by atoms with Gasteiger partial charge in [-0.05, 0) is 44.0 Å². The number of pyridine rings is 1. The van der Waals surface area contributed by atoms with Crippen molar-refractivity contribution in [2.45, 2.75) is 39.1 Å². The molecule has 0 radical (unpaired) electrons. The second kappa shape index (κ2) is 8.39. The van der Waals surface area contributed by atoms with Crippen LogP contribution in [0.25, 0.3) is 0 Å². The Kier molecular flexibility index (Phi) is 6.43. The number of nitrogens with one attached hydrogen (secondary N) is 2. The third-order valence-electron chi connectivity index (χ3n) is 3.98.